The molecule has 0 saturated carbocycles. The number of carbonyl (C=O) groups is 2. The summed E-state index contributed by atoms with van der Waals surface area (Å²) in [5.41, 5.74) is 1.36. The van der Waals surface area contributed by atoms with Crippen molar-refractivity contribution in [3.8, 4) is 0 Å². The van der Waals surface area contributed by atoms with Gasteiger partial charge in [0.15, 0.2) is 5.17 Å². The maximum absolute atomic E-state index is 11.7. The SMILES string of the molecule is O=C(O)CC1SC(=NN=Cc2cc([N+](=O)[O-])ccc2N2CCCC2)NC1=O. The van der Waals surface area contributed by atoms with Crippen LogP contribution in [0.5, 0.6) is 0 Å². The maximum Gasteiger partial charge on any atom is 0.305 e. The van der Waals surface area contributed by atoms with Crippen molar-refractivity contribution in [2.75, 3.05) is 18.0 Å². The number of nitro benzene ring substituents is 1. The molecule has 2 aliphatic heterocycles. The Kier molecular flexibility index (Phi) is 5.69. The van der Waals surface area contributed by atoms with Gasteiger partial charge in [0, 0.05) is 36.5 Å². The first kappa shape index (κ1) is 18.8. The molecule has 1 aromatic carbocycles. The zero-order valence-corrected chi connectivity index (χ0v) is 15.0. The number of rotatable bonds is 6. The van der Waals surface area contributed by atoms with Crippen LogP contribution in [0.3, 0.4) is 0 Å². The molecule has 0 bridgehead atoms. The molecular formula is C16H17N5O5S. The predicted molar refractivity (Wildman–Crippen MR) is 101 cm³/mol. The average molecular weight is 391 g/mol. The molecule has 2 heterocycles. The zero-order chi connectivity index (χ0) is 19.4. The summed E-state index contributed by atoms with van der Waals surface area (Å²) < 4.78 is 0. The molecule has 27 heavy (non-hydrogen) atoms. The van der Waals surface area contributed by atoms with Gasteiger partial charge in [0.2, 0.25) is 5.91 Å². The molecule has 142 valence electrons. The van der Waals surface area contributed by atoms with Gasteiger partial charge in [-0.1, -0.05) is 11.8 Å². The van der Waals surface area contributed by atoms with E-state index in [9.17, 15) is 19.7 Å². The zero-order valence-electron chi connectivity index (χ0n) is 14.2. The van der Waals surface area contributed by atoms with Crippen LogP contribution in [0, 0.1) is 10.1 Å². The Bertz CT molecular complexity index is 834. The van der Waals surface area contributed by atoms with Gasteiger partial charge in [0.25, 0.3) is 5.69 Å². The van der Waals surface area contributed by atoms with E-state index in [1.54, 1.807) is 6.07 Å². The predicted octanol–water partition coefficient (Wildman–Crippen LogP) is 1.59. The number of hydrogen-bond donors (Lipinski definition) is 2. The normalized spacial score (nSPS) is 21.2. The number of nitro groups is 1. The summed E-state index contributed by atoms with van der Waals surface area (Å²) in [7, 11) is 0. The summed E-state index contributed by atoms with van der Waals surface area (Å²) in [6.45, 7) is 1.74. The minimum absolute atomic E-state index is 0.0443. The van der Waals surface area contributed by atoms with E-state index in [0.29, 0.717) is 5.56 Å². The van der Waals surface area contributed by atoms with E-state index in [2.05, 4.69) is 20.4 Å². The molecule has 0 aliphatic carbocycles. The molecule has 0 spiro atoms. The molecule has 2 saturated heterocycles. The summed E-state index contributed by atoms with van der Waals surface area (Å²) in [6, 6.07) is 4.60. The number of amides is 1. The molecule has 3 rings (SSSR count). The van der Waals surface area contributed by atoms with Crippen molar-refractivity contribution in [3.63, 3.8) is 0 Å². The number of aliphatic carboxylic acids is 1. The van der Waals surface area contributed by atoms with Crippen molar-refractivity contribution in [1.82, 2.24) is 5.32 Å². The van der Waals surface area contributed by atoms with Gasteiger partial charge in [0.1, 0.15) is 5.25 Å². The van der Waals surface area contributed by atoms with Crippen LogP contribution >= 0.6 is 11.8 Å². The van der Waals surface area contributed by atoms with Gasteiger partial charge in [-0.05, 0) is 18.9 Å². The van der Waals surface area contributed by atoms with Gasteiger partial charge in [0.05, 0.1) is 17.6 Å². The molecule has 1 unspecified atom stereocenters. The van der Waals surface area contributed by atoms with Gasteiger partial charge >= 0.3 is 5.97 Å². The summed E-state index contributed by atoms with van der Waals surface area (Å²) in [5, 5.41) is 29.6. The fourth-order valence-electron chi connectivity index (χ4n) is 2.89. The molecule has 0 aromatic heterocycles. The Morgan fingerprint density at radius 2 is 2.19 bits per heavy atom. The van der Waals surface area contributed by atoms with Crippen LogP contribution in [0.1, 0.15) is 24.8 Å². The fraction of sp³-hybridized carbons (Fsp3) is 0.375. The Morgan fingerprint density at radius 3 is 2.85 bits per heavy atom. The van der Waals surface area contributed by atoms with Gasteiger partial charge in [-0.2, -0.15) is 5.10 Å². The number of benzene rings is 1. The third-order valence-corrected chi connectivity index (χ3v) is 5.22. The van der Waals surface area contributed by atoms with Crippen molar-refractivity contribution in [2.45, 2.75) is 24.5 Å². The standard InChI is InChI=1S/C16H17N5O5S/c22-14(23)8-13-15(24)18-16(27-13)19-17-9-10-7-11(21(25)26)3-4-12(10)20-5-1-2-6-20/h3-4,7,9,13H,1-2,5-6,8H2,(H,22,23)(H,18,19,24). The molecule has 2 N–H and O–H groups in total. The highest BCUT2D eigenvalue weighted by atomic mass is 32.2. The molecular weight excluding hydrogens is 374 g/mol. The van der Waals surface area contributed by atoms with Crippen molar-refractivity contribution in [2.24, 2.45) is 10.2 Å². The van der Waals surface area contributed by atoms with E-state index >= 15 is 0 Å². The topological polar surface area (TPSA) is 138 Å². The number of non-ortho nitro benzene ring substituents is 1. The first-order valence-electron chi connectivity index (χ1n) is 8.28. The van der Waals surface area contributed by atoms with Gasteiger partial charge in [-0.15, -0.1) is 5.10 Å². The van der Waals surface area contributed by atoms with Crippen molar-refractivity contribution >= 4 is 46.4 Å². The fourth-order valence-corrected chi connectivity index (χ4v) is 3.81. The molecule has 2 fully saturated rings. The number of anilines is 1. The van der Waals surface area contributed by atoms with Crippen LogP contribution in [0.25, 0.3) is 0 Å². The number of nitrogens with one attached hydrogen (secondary N) is 1. The first-order valence-corrected chi connectivity index (χ1v) is 9.16. The first-order chi connectivity index (χ1) is 12.9. The molecule has 2 aliphatic rings. The van der Waals surface area contributed by atoms with E-state index in [-0.39, 0.29) is 17.3 Å². The third kappa shape index (κ3) is 4.61. The number of thioether (sulfide) groups is 1. The smallest absolute Gasteiger partial charge is 0.305 e. The lowest BCUT2D eigenvalue weighted by atomic mass is 10.1. The molecule has 0 radical (unpaired) electrons. The lowest BCUT2D eigenvalue weighted by Crippen LogP contribution is -2.26. The maximum atomic E-state index is 11.7. The van der Waals surface area contributed by atoms with E-state index in [0.717, 1.165) is 43.4 Å². The minimum atomic E-state index is -1.07. The Hall–Kier alpha value is -2.95. The van der Waals surface area contributed by atoms with E-state index in [1.165, 1.54) is 18.3 Å². The Morgan fingerprint density at radius 1 is 1.44 bits per heavy atom. The minimum Gasteiger partial charge on any atom is -0.481 e. The molecule has 1 amide bonds. The van der Waals surface area contributed by atoms with Crippen molar-refractivity contribution in [3.05, 3.63) is 33.9 Å². The van der Waals surface area contributed by atoms with Crippen LogP contribution in [0.2, 0.25) is 0 Å². The molecule has 11 heteroatoms. The second kappa shape index (κ2) is 8.16. The van der Waals surface area contributed by atoms with E-state index in [1.807, 2.05) is 0 Å². The van der Waals surface area contributed by atoms with Crippen LogP contribution < -0.4 is 10.2 Å². The molecule has 1 atom stereocenters. The van der Waals surface area contributed by atoms with Gasteiger partial charge in [-0.25, -0.2) is 0 Å². The van der Waals surface area contributed by atoms with E-state index in [4.69, 9.17) is 5.11 Å². The summed E-state index contributed by atoms with van der Waals surface area (Å²) >= 11 is 0.996. The lowest BCUT2D eigenvalue weighted by molar-refractivity contribution is -0.384. The number of hydrogen-bond acceptors (Lipinski definition) is 8. The van der Waals surface area contributed by atoms with Gasteiger partial charge < -0.3 is 15.3 Å². The third-order valence-electron chi connectivity index (χ3n) is 4.15. The Labute approximate surface area is 158 Å². The second-order valence-corrected chi connectivity index (χ2v) is 7.23. The van der Waals surface area contributed by atoms with Crippen molar-refractivity contribution in [1.29, 1.82) is 0 Å². The van der Waals surface area contributed by atoms with Crippen LogP contribution in [0.4, 0.5) is 11.4 Å². The number of amidine groups is 1. The second-order valence-electron chi connectivity index (χ2n) is 6.04. The van der Waals surface area contributed by atoms with Crippen LogP contribution in [-0.2, 0) is 9.59 Å². The van der Waals surface area contributed by atoms with Gasteiger partial charge in [-0.3, -0.25) is 19.7 Å². The monoisotopic (exact) mass is 391 g/mol. The molecule has 1 aromatic rings. The summed E-state index contributed by atoms with van der Waals surface area (Å²) in [4.78, 5) is 35.1. The van der Waals surface area contributed by atoms with Crippen LogP contribution in [-0.4, -0.2) is 51.6 Å². The molecule has 10 nitrogen and oxygen atoms in total. The largest absolute Gasteiger partial charge is 0.481 e. The average Bonchev–Trinajstić information content (AvgIpc) is 3.25. The van der Waals surface area contributed by atoms with Crippen LogP contribution in [0.15, 0.2) is 28.4 Å². The highest BCUT2D eigenvalue weighted by molar-refractivity contribution is 8.15. The summed E-state index contributed by atoms with van der Waals surface area (Å²) in [5.74, 6) is -1.50. The number of carboxylic acid groups (broad SMARTS) is 1. The highest BCUT2D eigenvalue weighted by Crippen LogP contribution is 2.27. The summed E-state index contributed by atoms with van der Waals surface area (Å²) in [6.07, 6.45) is 3.22. The van der Waals surface area contributed by atoms with E-state index < -0.39 is 22.0 Å². The quantitative estimate of drug-likeness (QED) is 0.427. The lowest BCUT2D eigenvalue weighted by Gasteiger charge is -2.19. The number of carboxylic acids is 1. The Balaban J connectivity index is 1.79. The van der Waals surface area contributed by atoms with Crippen molar-refractivity contribution < 1.29 is 19.6 Å². The number of carbonyl (C=O) groups excluding carboxylic acids is 1. The highest BCUT2D eigenvalue weighted by Gasteiger charge is 2.32. The number of nitrogens with zero attached hydrogens (tertiary/aromatic N) is 4.